The molecule has 2 aromatic heterocycles. The fraction of sp³-hybridized carbons (Fsp3) is 0.348. The largest absolute Gasteiger partial charge is 0.437 e. The maximum absolute atomic E-state index is 14.7. The summed E-state index contributed by atoms with van der Waals surface area (Å²) < 4.78 is 95.9. The number of carbonyl (C=O) groups is 1. The van der Waals surface area contributed by atoms with Gasteiger partial charge in [-0.1, -0.05) is 17.7 Å². The normalized spacial score (nSPS) is 15.5. The van der Waals surface area contributed by atoms with E-state index in [4.69, 9.17) is 11.6 Å². The molecule has 0 aliphatic heterocycles. The number of nitriles is 1. The van der Waals surface area contributed by atoms with Gasteiger partial charge in [0.25, 0.3) is 0 Å². The van der Waals surface area contributed by atoms with Crippen molar-refractivity contribution in [3.05, 3.63) is 56.5 Å². The molecular formula is C23H15ClF7IN4O. The van der Waals surface area contributed by atoms with E-state index in [-0.39, 0.29) is 32.2 Å². The summed E-state index contributed by atoms with van der Waals surface area (Å²) >= 11 is 7.68. The van der Waals surface area contributed by atoms with Gasteiger partial charge in [-0.25, -0.2) is 9.07 Å². The Bertz CT molecular complexity index is 1420. The van der Waals surface area contributed by atoms with Crippen molar-refractivity contribution in [1.82, 2.24) is 14.3 Å². The topological polar surface area (TPSA) is 63.6 Å². The van der Waals surface area contributed by atoms with Crippen molar-refractivity contribution < 1.29 is 35.5 Å². The Morgan fingerprint density at radius 1 is 1.14 bits per heavy atom. The number of alkyl halides is 7. The lowest BCUT2D eigenvalue weighted by molar-refractivity contribution is -0.350. The van der Waals surface area contributed by atoms with Crippen molar-refractivity contribution in [1.29, 1.82) is 5.26 Å². The van der Waals surface area contributed by atoms with Gasteiger partial charge in [-0.05, 0) is 59.2 Å². The molecule has 0 N–H and O–H groups in total. The van der Waals surface area contributed by atoms with E-state index in [0.717, 1.165) is 11.7 Å². The van der Waals surface area contributed by atoms with E-state index >= 15 is 0 Å². The minimum Gasteiger partial charge on any atom is -0.329 e. The van der Waals surface area contributed by atoms with Gasteiger partial charge in [0.15, 0.2) is 5.78 Å². The third kappa shape index (κ3) is 4.62. The Kier molecular flexibility index (Phi) is 6.68. The summed E-state index contributed by atoms with van der Waals surface area (Å²) in [7, 11) is 0.877. The van der Waals surface area contributed by atoms with Crippen molar-refractivity contribution in [2.75, 3.05) is 0 Å². The Labute approximate surface area is 223 Å². The van der Waals surface area contributed by atoms with Crippen LogP contribution in [0.4, 0.5) is 30.7 Å². The summed E-state index contributed by atoms with van der Waals surface area (Å²) in [6.07, 6.45) is -8.70. The van der Waals surface area contributed by atoms with Crippen LogP contribution in [0.5, 0.6) is 0 Å². The molecule has 0 saturated heterocycles. The average molecular weight is 659 g/mol. The van der Waals surface area contributed by atoms with Gasteiger partial charge in [0.2, 0.25) is 0 Å². The fourth-order valence-corrected chi connectivity index (χ4v) is 5.12. The van der Waals surface area contributed by atoms with Gasteiger partial charge >= 0.3 is 18.0 Å². The zero-order valence-electron chi connectivity index (χ0n) is 18.7. The first-order valence-electron chi connectivity index (χ1n) is 10.5. The molecule has 3 aromatic rings. The van der Waals surface area contributed by atoms with E-state index < -0.39 is 29.1 Å². The lowest BCUT2D eigenvalue weighted by Gasteiger charge is -2.30. The molecule has 2 heterocycles. The first kappa shape index (κ1) is 27.4. The highest BCUT2D eigenvalue weighted by atomic mass is 127. The van der Waals surface area contributed by atoms with E-state index in [0.29, 0.717) is 34.6 Å². The van der Waals surface area contributed by atoms with Gasteiger partial charge in [-0.2, -0.15) is 36.7 Å². The summed E-state index contributed by atoms with van der Waals surface area (Å²) in [5, 5.41) is 13.4. The summed E-state index contributed by atoms with van der Waals surface area (Å²) in [4.78, 5) is 12.8. The van der Waals surface area contributed by atoms with Gasteiger partial charge in [-0.15, -0.1) is 0 Å². The molecule has 37 heavy (non-hydrogen) atoms. The fourth-order valence-electron chi connectivity index (χ4n) is 3.99. The van der Waals surface area contributed by atoms with Crippen LogP contribution in [0.3, 0.4) is 0 Å². The van der Waals surface area contributed by atoms with E-state index in [9.17, 15) is 40.8 Å². The molecule has 1 saturated carbocycles. The monoisotopic (exact) mass is 658 g/mol. The summed E-state index contributed by atoms with van der Waals surface area (Å²) in [5.74, 6) is -0.564. The summed E-state index contributed by atoms with van der Waals surface area (Å²) in [6.45, 7) is 0. The number of hydrogen-bond donors (Lipinski definition) is 0. The van der Waals surface area contributed by atoms with Gasteiger partial charge < -0.3 is 4.57 Å². The molecule has 0 spiro atoms. The molecule has 1 aromatic carbocycles. The Morgan fingerprint density at radius 3 is 2.30 bits per heavy atom. The quantitative estimate of drug-likeness (QED) is 0.159. The Morgan fingerprint density at radius 2 is 1.76 bits per heavy atom. The third-order valence-corrected chi connectivity index (χ3v) is 7.40. The van der Waals surface area contributed by atoms with Crippen LogP contribution >= 0.6 is 34.2 Å². The van der Waals surface area contributed by atoms with E-state index in [1.165, 1.54) is 47.1 Å². The number of hydrogen-bond acceptors (Lipinski definition) is 3. The second-order valence-electron chi connectivity index (χ2n) is 8.77. The van der Waals surface area contributed by atoms with Gasteiger partial charge in [0.1, 0.15) is 5.82 Å². The highest BCUT2D eigenvalue weighted by molar-refractivity contribution is 14.1. The molecule has 1 fully saturated rings. The molecular weight excluding hydrogens is 644 g/mol. The predicted octanol–water partition coefficient (Wildman–Crippen LogP) is 7.30. The molecule has 14 heteroatoms. The molecule has 196 valence electrons. The molecule has 5 nitrogen and oxygen atoms in total. The lowest BCUT2D eigenvalue weighted by atomic mass is 9.95. The second kappa shape index (κ2) is 9.00. The van der Waals surface area contributed by atoms with Gasteiger partial charge in [0, 0.05) is 30.8 Å². The Hall–Kier alpha value is -2.60. The molecule has 0 amide bonds. The van der Waals surface area contributed by atoms with Crippen LogP contribution in [-0.4, -0.2) is 32.5 Å². The average Bonchev–Trinajstić information content (AvgIpc) is 3.28. The van der Waals surface area contributed by atoms with Gasteiger partial charge in [-0.3, -0.25) is 4.79 Å². The zero-order valence-corrected chi connectivity index (χ0v) is 21.6. The molecule has 0 atom stereocenters. The van der Waals surface area contributed by atoms with E-state index in [1.807, 2.05) is 0 Å². The molecule has 0 unspecified atom stereocenters. The van der Waals surface area contributed by atoms with Gasteiger partial charge in [0.05, 0.1) is 32.0 Å². The highest BCUT2D eigenvalue weighted by Crippen LogP contribution is 2.54. The standard InChI is InChI=1S/C23H15ClF7IN4O/c1-35-18(21(25,22(26,27)28)23(29,30)31)7-16(32)19(35)36-10-13(9-34-36)12-2-3-15(24)14(6-12)17(37)8-20(11-33)4-5-20/h2-3,6-7,9-10H,4-5,8H2,1H3. The first-order valence-corrected chi connectivity index (χ1v) is 12.0. The van der Waals surface area contributed by atoms with Crippen molar-refractivity contribution in [3.8, 4) is 23.0 Å². The second-order valence-corrected chi connectivity index (χ2v) is 10.3. The molecule has 1 aliphatic carbocycles. The molecule has 4 rings (SSSR count). The van der Waals surface area contributed by atoms with Crippen LogP contribution in [0, 0.1) is 20.3 Å². The number of Topliss-reactive ketones (excluding diaryl/α,β-unsaturated/α-hetero) is 1. The number of aromatic nitrogens is 3. The zero-order chi connectivity index (χ0) is 27.6. The van der Waals surface area contributed by atoms with Crippen molar-refractivity contribution in [2.24, 2.45) is 12.5 Å². The van der Waals surface area contributed by atoms with Crippen LogP contribution in [0.25, 0.3) is 16.9 Å². The minimum atomic E-state index is -6.26. The predicted molar refractivity (Wildman–Crippen MR) is 127 cm³/mol. The van der Waals surface area contributed by atoms with Crippen LogP contribution in [0.15, 0.2) is 36.7 Å². The number of carbonyl (C=O) groups excluding carboxylic acids is 1. The maximum atomic E-state index is 14.7. The number of nitrogens with zero attached hydrogens (tertiary/aromatic N) is 4. The number of halogens is 9. The molecule has 0 radical (unpaired) electrons. The van der Waals surface area contributed by atoms with E-state index in [1.54, 1.807) is 6.07 Å². The van der Waals surface area contributed by atoms with Crippen LogP contribution in [0.1, 0.15) is 35.3 Å². The highest BCUT2D eigenvalue weighted by Gasteiger charge is 2.75. The maximum Gasteiger partial charge on any atom is 0.437 e. The number of rotatable bonds is 6. The number of ketones is 1. The molecule has 0 bridgehead atoms. The smallest absolute Gasteiger partial charge is 0.329 e. The van der Waals surface area contributed by atoms with E-state index in [2.05, 4.69) is 11.2 Å². The number of benzene rings is 1. The SMILES string of the molecule is Cn1c(C(F)(C(F)(F)F)C(F)(F)F)cc(I)c1-n1cc(-c2ccc(Cl)c(C(=O)CC3(C#N)CC3)c2)cn1. The minimum absolute atomic E-state index is 0.000348. The Balaban J connectivity index is 1.72. The summed E-state index contributed by atoms with van der Waals surface area (Å²) in [5.41, 5.74) is -6.96. The molecule has 1 aliphatic rings. The summed E-state index contributed by atoms with van der Waals surface area (Å²) in [6, 6.07) is 7.09. The van der Waals surface area contributed by atoms with Crippen LogP contribution in [0.2, 0.25) is 5.02 Å². The lowest BCUT2D eigenvalue weighted by Crippen LogP contribution is -2.51. The van der Waals surface area contributed by atoms with Crippen LogP contribution < -0.4 is 0 Å². The van der Waals surface area contributed by atoms with Crippen LogP contribution in [-0.2, 0) is 12.7 Å². The van der Waals surface area contributed by atoms with Crippen molar-refractivity contribution >= 4 is 40.0 Å². The third-order valence-electron chi connectivity index (χ3n) is 6.28. The van der Waals surface area contributed by atoms with Crippen molar-refractivity contribution in [3.63, 3.8) is 0 Å². The first-order chi connectivity index (χ1) is 17.0. The van der Waals surface area contributed by atoms with Crippen molar-refractivity contribution in [2.45, 2.75) is 37.3 Å².